The second-order valence-electron chi connectivity index (χ2n) is 4.79. The molecule has 1 aliphatic carbocycles. The molecule has 0 aliphatic heterocycles. The number of aliphatic hydroxyl groups is 1. The van der Waals surface area contributed by atoms with Crippen LogP contribution in [-0.4, -0.2) is 26.0 Å². The van der Waals surface area contributed by atoms with E-state index in [9.17, 15) is 5.11 Å². The van der Waals surface area contributed by atoms with Crippen LogP contribution in [0.3, 0.4) is 0 Å². The summed E-state index contributed by atoms with van der Waals surface area (Å²) in [5.74, 6) is 1.67. The van der Waals surface area contributed by atoms with E-state index in [-0.39, 0.29) is 6.10 Å². The van der Waals surface area contributed by atoms with Crippen molar-refractivity contribution in [1.82, 2.24) is 14.8 Å². The molecule has 1 aliphatic rings. The Morgan fingerprint density at radius 3 is 3.00 bits per heavy atom. The number of hydrogen-bond donors (Lipinski definition) is 1. The highest BCUT2D eigenvalue weighted by Crippen LogP contribution is 2.30. The van der Waals surface area contributed by atoms with Gasteiger partial charge in [0, 0.05) is 13.0 Å². The monoisotopic (exact) mass is 223 g/mol. The van der Waals surface area contributed by atoms with Crippen molar-refractivity contribution in [3.8, 4) is 0 Å². The molecule has 0 radical (unpaired) electrons. The van der Waals surface area contributed by atoms with E-state index in [0.29, 0.717) is 6.42 Å². The first kappa shape index (κ1) is 11.6. The van der Waals surface area contributed by atoms with Gasteiger partial charge in [-0.2, -0.15) is 5.10 Å². The highest BCUT2D eigenvalue weighted by molar-refractivity contribution is 4.88. The van der Waals surface area contributed by atoms with E-state index in [4.69, 9.17) is 0 Å². The highest BCUT2D eigenvalue weighted by Gasteiger charge is 2.22. The van der Waals surface area contributed by atoms with Gasteiger partial charge in [-0.05, 0) is 18.8 Å². The van der Waals surface area contributed by atoms with Gasteiger partial charge >= 0.3 is 0 Å². The average molecular weight is 223 g/mol. The first-order valence-electron chi connectivity index (χ1n) is 6.34. The Morgan fingerprint density at radius 1 is 1.56 bits per heavy atom. The van der Waals surface area contributed by atoms with E-state index >= 15 is 0 Å². The van der Waals surface area contributed by atoms with E-state index in [0.717, 1.165) is 31.1 Å². The summed E-state index contributed by atoms with van der Waals surface area (Å²) in [5.41, 5.74) is 0. The molecule has 16 heavy (non-hydrogen) atoms. The lowest BCUT2D eigenvalue weighted by Crippen LogP contribution is -2.22. The molecule has 90 valence electrons. The molecule has 4 nitrogen and oxygen atoms in total. The van der Waals surface area contributed by atoms with Crippen molar-refractivity contribution in [3.05, 3.63) is 12.2 Å². The molecule has 0 bridgehead atoms. The van der Waals surface area contributed by atoms with E-state index in [1.165, 1.54) is 19.3 Å². The number of aryl methyl sites for hydroxylation is 1. The fourth-order valence-electron chi connectivity index (χ4n) is 2.25. The molecule has 1 aromatic rings. The van der Waals surface area contributed by atoms with Crippen LogP contribution in [0.25, 0.3) is 0 Å². The minimum Gasteiger partial charge on any atom is -0.393 e. The average Bonchev–Trinajstić information content (AvgIpc) is 2.60. The zero-order valence-electron chi connectivity index (χ0n) is 9.97. The van der Waals surface area contributed by atoms with Crippen LogP contribution in [0.5, 0.6) is 0 Å². The first-order chi connectivity index (χ1) is 7.79. The minimum absolute atomic E-state index is 0.245. The Balaban J connectivity index is 1.84. The molecular formula is C12H21N3O. The number of aromatic nitrogens is 3. The number of aliphatic hydroxyl groups excluding tert-OH is 1. The summed E-state index contributed by atoms with van der Waals surface area (Å²) in [6.07, 6.45) is 7.89. The molecule has 4 heteroatoms. The Hall–Kier alpha value is -0.900. The lowest BCUT2D eigenvalue weighted by Gasteiger charge is -2.27. The van der Waals surface area contributed by atoms with Gasteiger partial charge < -0.3 is 5.11 Å². The summed E-state index contributed by atoms with van der Waals surface area (Å²) in [6.45, 7) is 3.02. The number of hydrogen-bond acceptors (Lipinski definition) is 3. The van der Waals surface area contributed by atoms with Gasteiger partial charge in [-0.25, -0.2) is 4.98 Å². The van der Waals surface area contributed by atoms with Gasteiger partial charge in [-0.3, -0.25) is 4.68 Å². The maximum atomic E-state index is 9.97. The van der Waals surface area contributed by atoms with Crippen molar-refractivity contribution in [2.75, 3.05) is 0 Å². The Morgan fingerprint density at radius 2 is 2.38 bits per heavy atom. The van der Waals surface area contributed by atoms with Crippen LogP contribution in [0, 0.1) is 5.92 Å². The quantitative estimate of drug-likeness (QED) is 0.799. The fraction of sp³-hybridized carbons (Fsp3) is 0.833. The van der Waals surface area contributed by atoms with Gasteiger partial charge in [0.15, 0.2) is 0 Å². The minimum atomic E-state index is -0.245. The third-order valence-corrected chi connectivity index (χ3v) is 3.38. The number of rotatable bonds is 6. The molecular weight excluding hydrogens is 202 g/mol. The van der Waals surface area contributed by atoms with Gasteiger partial charge in [0.05, 0.1) is 6.10 Å². The second kappa shape index (κ2) is 5.43. The van der Waals surface area contributed by atoms with Gasteiger partial charge in [-0.15, -0.1) is 0 Å². The Bertz CT molecular complexity index is 320. The van der Waals surface area contributed by atoms with Crippen molar-refractivity contribution in [1.29, 1.82) is 0 Å². The first-order valence-corrected chi connectivity index (χ1v) is 6.34. The highest BCUT2D eigenvalue weighted by atomic mass is 16.3. The van der Waals surface area contributed by atoms with Gasteiger partial charge in [-0.1, -0.05) is 26.2 Å². The van der Waals surface area contributed by atoms with Crippen LogP contribution in [0.1, 0.15) is 44.9 Å². The molecule has 1 aromatic heterocycles. The largest absolute Gasteiger partial charge is 0.393 e. The summed E-state index contributed by atoms with van der Waals surface area (Å²) >= 11 is 0. The summed E-state index contributed by atoms with van der Waals surface area (Å²) < 4.78 is 1.91. The molecule has 1 unspecified atom stereocenters. The van der Waals surface area contributed by atoms with Crippen LogP contribution in [0.2, 0.25) is 0 Å². The van der Waals surface area contributed by atoms with Crippen molar-refractivity contribution < 1.29 is 5.11 Å². The smallest absolute Gasteiger partial charge is 0.138 e. The van der Waals surface area contributed by atoms with Crippen molar-refractivity contribution in [3.63, 3.8) is 0 Å². The Labute approximate surface area is 96.7 Å². The van der Waals surface area contributed by atoms with Gasteiger partial charge in [0.2, 0.25) is 0 Å². The third kappa shape index (κ3) is 2.82. The normalized spacial score (nSPS) is 18.4. The third-order valence-electron chi connectivity index (χ3n) is 3.38. The Kier molecular flexibility index (Phi) is 3.93. The van der Waals surface area contributed by atoms with E-state index < -0.39 is 0 Å². The molecule has 0 aromatic carbocycles. The molecule has 1 fully saturated rings. The van der Waals surface area contributed by atoms with Crippen LogP contribution >= 0.6 is 0 Å². The standard InChI is InChI=1S/C12H21N3O/c1-2-6-15-12(13-9-14-15)8-11(16)7-10-4-3-5-10/h9-11,16H,2-8H2,1H3. The lowest BCUT2D eigenvalue weighted by atomic mass is 9.81. The molecule has 2 rings (SSSR count). The summed E-state index contributed by atoms with van der Waals surface area (Å²) in [4.78, 5) is 4.22. The summed E-state index contributed by atoms with van der Waals surface area (Å²) in [6, 6.07) is 0. The van der Waals surface area contributed by atoms with E-state index in [2.05, 4.69) is 17.0 Å². The van der Waals surface area contributed by atoms with Crippen LogP contribution in [0.15, 0.2) is 6.33 Å². The number of nitrogens with zero attached hydrogens (tertiary/aromatic N) is 3. The predicted octanol–water partition coefficient (Wildman–Crippen LogP) is 1.78. The van der Waals surface area contributed by atoms with Crippen LogP contribution in [-0.2, 0) is 13.0 Å². The van der Waals surface area contributed by atoms with Crippen LogP contribution < -0.4 is 0 Å². The molecule has 0 amide bonds. The molecule has 1 heterocycles. The predicted molar refractivity (Wildman–Crippen MR) is 62.0 cm³/mol. The van der Waals surface area contributed by atoms with Crippen molar-refractivity contribution in [2.24, 2.45) is 5.92 Å². The lowest BCUT2D eigenvalue weighted by molar-refractivity contribution is 0.115. The van der Waals surface area contributed by atoms with Gasteiger partial charge in [0.25, 0.3) is 0 Å². The fourth-order valence-corrected chi connectivity index (χ4v) is 2.25. The molecule has 1 N–H and O–H groups in total. The molecule has 0 spiro atoms. The zero-order chi connectivity index (χ0) is 11.4. The topological polar surface area (TPSA) is 50.9 Å². The SMILES string of the molecule is CCCn1ncnc1CC(O)CC1CCC1. The maximum Gasteiger partial charge on any atom is 0.138 e. The maximum absolute atomic E-state index is 9.97. The van der Waals surface area contributed by atoms with Gasteiger partial charge in [0.1, 0.15) is 12.2 Å². The summed E-state index contributed by atoms with van der Waals surface area (Å²) in [5, 5.41) is 14.1. The van der Waals surface area contributed by atoms with E-state index in [1.54, 1.807) is 6.33 Å². The van der Waals surface area contributed by atoms with Crippen LogP contribution in [0.4, 0.5) is 0 Å². The second-order valence-corrected chi connectivity index (χ2v) is 4.79. The van der Waals surface area contributed by atoms with Crippen molar-refractivity contribution >= 4 is 0 Å². The summed E-state index contributed by atoms with van der Waals surface area (Å²) in [7, 11) is 0. The molecule has 0 saturated heterocycles. The van der Waals surface area contributed by atoms with E-state index in [1.807, 2.05) is 4.68 Å². The molecule has 1 atom stereocenters. The molecule has 1 saturated carbocycles. The van der Waals surface area contributed by atoms with Crippen molar-refractivity contribution in [2.45, 2.75) is 58.1 Å². The zero-order valence-corrected chi connectivity index (χ0v) is 9.97.